The number of halogens is 1. The molecule has 0 saturated carbocycles. The van der Waals surface area contributed by atoms with Crippen LogP contribution in [0.15, 0.2) is 12.1 Å². The molecular formula is C17H23ClN6O2. The first-order valence-electron chi connectivity index (χ1n) is 8.61. The highest BCUT2D eigenvalue weighted by Gasteiger charge is 2.22. The summed E-state index contributed by atoms with van der Waals surface area (Å²) in [5.41, 5.74) is 3.96. The number of aromatic nitrogens is 3. The molecule has 0 unspecified atom stereocenters. The van der Waals surface area contributed by atoms with Crippen LogP contribution in [0.5, 0.6) is 0 Å². The second-order valence-electron chi connectivity index (χ2n) is 6.31. The highest BCUT2D eigenvalue weighted by molar-refractivity contribution is 6.04. The Bertz CT molecular complexity index is 788. The first-order valence-corrected chi connectivity index (χ1v) is 8.61. The summed E-state index contributed by atoms with van der Waals surface area (Å²) in [6.07, 6.45) is 0.866. The molecule has 26 heavy (non-hydrogen) atoms. The van der Waals surface area contributed by atoms with Gasteiger partial charge in [-0.05, 0) is 19.1 Å². The van der Waals surface area contributed by atoms with Gasteiger partial charge in [-0.15, -0.1) is 12.4 Å². The zero-order valence-electron chi connectivity index (χ0n) is 14.7. The predicted octanol–water partition coefficient (Wildman–Crippen LogP) is 1.27. The van der Waals surface area contributed by atoms with Crippen molar-refractivity contribution in [1.82, 2.24) is 20.5 Å². The maximum Gasteiger partial charge on any atom is 0.276 e. The molecule has 1 saturated heterocycles. The molecule has 1 amide bonds. The summed E-state index contributed by atoms with van der Waals surface area (Å²) in [6, 6.07) is 3.85. The summed E-state index contributed by atoms with van der Waals surface area (Å²) in [5, 5.41) is 13.4. The number of amides is 1. The van der Waals surface area contributed by atoms with Crippen LogP contribution in [0.3, 0.4) is 0 Å². The van der Waals surface area contributed by atoms with Crippen molar-refractivity contribution in [3.63, 3.8) is 0 Å². The molecule has 0 radical (unpaired) electrons. The number of carbonyl (C=O) groups is 1. The third-order valence-electron chi connectivity index (χ3n) is 4.68. The fraction of sp³-hybridized carbons (Fsp3) is 0.471. The number of morpholine rings is 1. The first kappa shape index (κ1) is 18.6. The molecule has 140 valence electrons. The van der Waals surface area contributed by atoms with Crippen LogP contribution in [0.4, 0.5) is 11.5 Å². The second-order valence-corrected chi connectivity index (χ2v) is 6.31. The number of aromatic amines is 1. The fourth-order valence-corrected chi connectivity index (χ4v) is 3.24. The van der Waals surface area contributed by atoms with E-state index in [0.717, 1.165) is 62.0 Å². The SMILES string of the molecule is Cc1nc(N2CCOCC2)ccc1NC(=O)c1n[nH]c2c1CNCC2.Cl. The molecule has 4 rings (SSSR count). The molecule has 0 spiro atoms. The van der Waals surface area contributed by atoms with Crippen LogP contribution in [0, 0.1) is 6.92 Å². The molecule has 0 aliphatic carbocycles. The van der Waals surface area contributed by atoms with E-state index in [1.54, 1.807) is 0 Å². The van der Waals surface area contributed by atoms with E-state index < -0.39 is 0 Å². The third kappa shape index (κ3) is 3.67. The number of hydrogen-bond acceptors (Lipinski definition) is 6. The van der Waals surface area contributed by atoms with Crippen molar-refractivity contribution in [2.24, 2.45) is 0 Å². The van der Waals surface area contributed by atoms with Crippen molar-refractivity contribution in [2.45, 2.75) is 19.9 Å². The molecule has 8 nitrogen and oxygen atoms in total. The Kier molecular flexibility index (Phi) is 5.75. The number of anilines is 2. The molecule has 2 aromatic rings. The van der Waals surface area contributed by atoms with Gasteiger partial charge in [0.2, 0.25) is 0 Å². The molecule has 3 N–H and O–H groups in total. The van der Waals surface area contributed by atoms with Gasteiger partial charge < -0.3 is 20.3 Å². The van der Waals surface area contributed by atoms with Crippen molar-refractivity contribution in [1.29, 1.82) is 0 Å². The highest BCUT2D eigenvalue weighted by atomic mass is 35.5. The molecule has 2 aliphatic rings. The van der Waals surface area contributed by atoms with Crippen LogP contribution < -0.4 is 15.5 Å². The largest absolute Gasteiger partial charge is 0.378 e. The molecule has 2 aliphatic heterocycles. The van der Waals surface area contributed by atoms with Gasteiger partial charge in [0.25, 0.3) is 5.91 Å². The Labute approximate surface area is 158 Å². The molecule has 1 fully saturated rings. The van der Waals surface area contributed by atoms with Gasteiger partial charge in [-0.25, -0.2) is 4.98 Å². The average Bonchev–Trinajstić information content (AvgIpc) is 3.08. The normalized spacial score (nSPS) is 16.6. The van der Waals surface area contributed by atoms with E-state index in [2.05, 4.69) is 30.7 Å². The number of nitrogens with zero attached hydrogens (tertiary/aromatic N) is 3. The van der Waals surface area contributed by atoms with Crippen molar-refractivity contribution >= 4 is 29.8 Å². The molecule has 0 bridgehead atoms. The number of carbonyl (C=O) groups excluding carboxylic acids is 1. The van der Waals surface area contributed by atoms with Crippen LogP contribution in [0.2, 0.25) is 0 Å². The van der Waals surface area contributed by atoms with Gasteiger partial charge in [0, 0.05) is 43.9 Å². The minimum Gasteiger partial charge on any atom is -0.378 e. The van der Waals surface area contributed by atoms with Gasteiger partial charge in [-0.3, -0.25) is 9.89 Å². The van der Waals surface area contributed by atoms with Crippen molar-refractivity contribution in [3.8, 4) is 0 Å². The zero-order chi connectivity index (χ0) is 17.2. The molecule has 2 aromatic heterocycles. The van der Waals surface area contributed by atoms with E-state index in [1.165, 1.54) is 0 Å². The molecule has 4 heterocycles. The van der Waals surface area contributed by atoms with E-state index in [-0.39, 0.29) is 18.3 Å². The summed E-state index contributed by atoms with van der Waals surface area (Å²) in [6.45, 7) is 6.59. The van der Waals surface area contributed by atoms with E-state index in [1.807, 2.05) is 19.1 Å². The standard InChI is InChI=1S/C17H22N6O2.ClH/c1-11-13(2-3-15(19-11)23-6-8-25-9-7-23)20-17(24)16-12-10-18-5-4-14(12)21-22-16;/h2-3,18H,4-10H2,1H3,(H,20,24)(H,21,22);1H. The summed E-state index contributed by atoms with van der Waals surface area (Å²) in [5.74, 6) is 0.713. The number of nitrogens with one attached hydrogen (secondary N) is 3. The van der Waals surface area contributed by atoms with Crippen LogP contribution in [0.1, 0.15) is 27.4 Å². The van der Waals surface area contributed by atoms with E-state index >= 15 is 0 Å². The lowest BCUT2D eigenvalue weighted by molar-refractivity contribution is 0.102. The van der Waals surface area contributed by atoms with Crippen molar-refractivity contribution < 1.29 is 9.53 Å². The van der Waals surface area contributed by atoms with Gasteiger partial charge in [0.05, 0.1) is 24.6 Å². The lowest BCUT2D eigenvalue weighted by Gasteiger charge is -2.28. The van der Waals surface area contributed by atoms with Crippen LogP contribution >= 0.6 is 12.4 Å². The van der Waals surface area contributed by atoms with E-state index in [4.69, 9.17) is 4.74 Å². The number of pyridine rings is 1. The summed E-state index contributed by atoms with van der Waals surface area (Å²) < 4.78 is 5.37. The summed E-state index contributed by atoms with van der Waals surface area (Å²) in [7, 11) is 0. The minimum atomic E-state index is -0.203. The lowest BCUT2D eigenvalue weighted by atomic mass is 10.1. The zero-order valence-corrected chi connectivity index (χ0v) is 15.5. The fourth-order valence-electron chi connectivity index (χ4n) is 3.24. The number of hydrogen-bond donors (Lipinski definition) is 3. The van der Waals surface area contributed by atoms with E-state index in [9.17, 15) is 4.79 Å². The Morgan fingerprint density at radius 2 is 2.12 bits per heavy atom. The van der Waals surface area contributed by atoms with Crippen molar-refractivity contribution in [3.05, 3.63) is 34.8 Å². The quantitative estimate of drug-likeness (QED) is 0.744. The van der Waals surface area contributed by atoms with E-state index in [0.29, 0.717) is 17.9 Å². The summed E-state index contributed by atoms with van der Waals surface area (Å²) >= 11 is 0. The molecule has 9 heteroatoms. The maximum absolute atomic E-state index is 12.6. The number of rotatable bonds is 3. The topological polar surface area (TPSA) is 95.2 Å². The van der Waals surface area contributed by atoms with Crippen LogP contribution in [-0.2, 0) is 17.7 Å². The Hall–Kier alpha value is -2.16. The van der Waals surface area contributed by atoms with Gasteiger partial charge in [-0.1, -0.05) is 0 Å². The highest BCUT2D eigenvalue weighted by Crippen LogP contribution is 2.21. The molecular weight excluding hydrogens is 356 g/mol. The Morgan fingerprint density at radius 3 is 2.88 bits per heavy atom. The van der Waals surface area contributed by atoms with Crippen LogP contribution in [0.25, 0.3) is 0 Å². The number of ether oxygens (including phenoxy) is 1. The predicted molar refractivity (Wildman–Crippen MR) is 101 cm³/mol. The number of fused-ring (bicyclic) bond motifs is 1. The van der Waals surface area contributed by atoms with Gasteiger partial charge in [0.15, 0.2) is 5.69 Å². The third-order valence-corrected chi connectivity index (χ3v) is 4.68. The average molecular weight is 379 g/mol. The lowest BCUT2D eigenvalue weighted by Crippen LogP contribution is -2.36. The molecule has 0 aromatic carbocycles. The first-order chi connectivity index (χ1) is 12.2. The van der Waals surface area contributed by atoms with Gasteiger partial charge in [0.1, 0.15) is 5.82 Å². The van der Waals surface area contributed by atoms with Gasteiger partial charge >= 0.3 is 0 Å². The number of H-pyrrole nitrogens is 1. The van der Waals surface area contributed by atoms with Crippen molar-refractivity contribution in [2.75, 3.05) is 43.1 Å². The Balaban J connectivity index is 0.00000196. The van der Waals surface area contributed by atoms with Gasteiger partial charge in [-0.2, -0.15) is 5.10 Å². The second kappa shape index (κ2) is 8.03. The monoisotopic (exact) mass is 378 g/mol. The van der Waals surface area contributed by atoms with Crippen LogP contribution in [-0.4, -0.2) is 53.9 Å². The minimum absolute atomic E-state index is 0. The number of aryl methyl sites for hydroxylation is 1. The molecule has 0 atom stereocenters. The Morgan fingerprint density at radius 1 is 1.31 bits per heavy atom. The smallest absolute Gasteiger partial charge is 0.276 e. The maximum atomic E-state index is 12.6. The summed E-state index contributed by atoms with van der Waals surface area (Å²) in [4.78, 5) is 19.4.